The van der Waals surface area contributed by atoms with Gasteiger partial charge >= 0.3 is 0 Å². The minimum Gasteiger partial charge on any atom is -0.385 e. The molecule has 3 nitrogen and oxygen atoms in total. The van der Waals surface area contributed by atoms with Crippen LogP contribution in [-0.4, -0.2) is 20.8 Å². The van der Waals surface area contributed by atoms with Gasteiger partial charge < -0.3 is 5.11 Å². The summed E-state index contributed by atoms with van der Waals surface area (Å²) in [5.74, 6) is 0.191. The quantitative estimate of drug-likeness (QED) is 0.647. The third kappa shape index (κ3) is 1.49. The van der Waals surface area contributed by atoms with Gasteiger partial charge in [-0.2, -0.15) is 5.10 Å². The minimum atomic E-state index is -0.636. The second-order valence-electron chi connectivity index (χ2n) is 2.08. The monoisotopic (exact) mass is 160 g/mol. The summed E-state index contributed by atoms with van der Waals surface area (Å²) in [5.41, 5.74) is 0.623. The molecule has 0 amide bonds. The maximum atomic E-state index is 9.13. The van der Waals surface area contributed by atoms with Crippen molar-refractivity contribution in [3.63, 3.8) is 0 Å². The van der Waals surface area contributed by atoms with E-state index in [-0.39, 0.29) is 5.88 Å². The van der Waals surface area contributed by atoms with Gasteiger partial charge in [0.1, 0.15) is 6.10 Å². The molecule has 10 heavy (non-hydrogen) atoms. The molecule has 1 N–H and O–H groups in total. The molecule has 0 saturated carbocycles. The van der Waals surface area contributed by atoms with Gasteiger partial charge in [0.15, 0.2) is 0 Å². The zero-order valence-corrected chi connectivity index (χ0v) is 6.41. The van der Waals surface area contributed by atoms with E-state index in [1.54, 1.807) is 24.0 Å². The Balaban J connectivity index is 2.74. The molecule has 1 rings (SSSR count). The van der Waals surface area contributed by atoms with Crippen molar-refractivity contribution in [2.45, 2.75) is 6.10 Å². The summed E-state index contributed by atoms with van der Waals surface area (Å²) in [6.07, 6.45) is 1.13. The van der Waals surface area contributed by atoms with Crippen LogP contribution in [-0.2, 0) is 7.05 Å². The maximum absolute atomic E-state index is 9.13. The molecule has 0 bridgehead atoms. The Labute approximate surface area is 64.2 Å². The van der Waals surface area contributed by atoms with Crippen LogP contribution in [0.3, 0.4) is 0 Å². The lowest BCUT2D eigenvalue weighted by molar-refractivity contribution is 0.197. The van der Waals surface area contributed by atoms with Crippen molar-refractivity contribution < 1.29 is 5.11 Å². The minimum absolute atomic E-state index is 0.191. The molecular weight excluding hydrogens is 152 g/mol. The Kier molecular flexibility index (Phi) is 2.29. The third-order valence-corrected chi connectivity index (χ3v) is 1.51. The molecule has 0 spiro atoms. The Hall–Kier alpha value is -0.540. The van der Waals surface area contributed by atoms with Crippen molar-refractivity contribution >= 4 is 11.6 Å². The van der Waals surface area contributed by atoms with Crippen LogP contribution in [0.4, 0.5) is 0 Å². The van der Waals surface area contributed by atoms with E-state index in [9.17, 15) is 0 Å². The first-order valence-electron chi connectivity index (χ1n) is 2.97. The second kappa shape index (κ2) is 3.03. The highest BCUT2D eigenvalue weighted by Crippen LogP contribution is 2.09. The molecule has 0 aliphatic heterocycles. The number of hydrogen-bond acceptors (Lipinski definition) is 2. The van der Waals surface area contributed by atoms with Crippen LogP contribution in [0.15, 0.2) is 12.3 Å². The lowest BCUT2D eigenvalue weighted by Gasteiger charge is -1.99. The van der Waals surface area contributed by atoms with E-state index in [1.165, 1.54) is 0 Å². The molecule has 0 aliphatic rings. The Morgan fingerprint density at radius 3 is 3.00 bits per heavy atom. The topological polar surface area (TPSA) is 38.0 Å². The molecule has 4 heteroatoms. The first-order chi connectivity index (χ1) is 4.74. The molecule has 56 valence electrons. The molecule has 1 unspecified atom stereocenters. The van der Waals surface area contributed by atoms with E-state index in [4.69, 9.17) is 16.7 Å². The average molecular weight is 161 g/mol. The summed E-state index contributed by atoms with van der Waals surface area (Å²) in [5, 5.41) is 13.1. The van der Waals surface area contributed by atoms with Gasteiger partial charge in [0.05, 0.1) is 11.6 Å². The van der Waals surface area contributed by atoms with E-state index in [0.29, 0.717) is 5.69 Å². The smallest absolute Gasteiger partial charge is 0.111 e. The summed E-state index contributed by atoms with van der Waals surface area (Å²) in [4.78, 5) is 0. The summed E-state index contributed by atoms with van der Waals surface area (Å²) in [6.45, 7) is 0. The SMILES string of the molecule is Cn1ccc(C(O)CCl)n1. The first kappa shape index (κ1) is 7.57. The summed E-state index contributed by atoms with van der Waals surface area (Å²) in [6, 6.07) is 1.74. The van der Waals surface area contributed by atoms with Gasteiger partial charge in [-0.1, -0.05) is 0 Å². The fourth-order valence-corrected chi connectivity index (χ4v) is 0.848. The fourth-order valence-electron chi connectivity index (χ4n) is 0.690. The highest BCUT2D eigenvalue weighted by atomic mass is 35.5. The molecular formula is C6H9ClN2O. The van der Waals surface area contributed by atoms with Crippen LogP contribution in [0.1, 0.15) is 11.8 Å². The van der Waals surface area contributed by atoms with Crippen LogP contribution in [0.2, 0.25) is 0 Å². The largest absolute Gasteiger partial charge is 0.385 e. The number of aliphatic hydroxyl groups is 1. The predicted molar refractivity (Wildman–Crippen MR) is 38.9 cm³/mol. The Bertz CT molecular complexity index is 211. The third-order valence-electron chi connectivity index (χ3n) is 1.22. The van der Waals surface area contributed by atoms with Crippen LogP contribution in [0.5, 0.6) is 0 Å². The number of halogens is 1. The van der Waals surface area contributed by atoms with Gasteiger partial charge in [-0.3, -0.25) is 4.68 Å². The molecule has 0 radical (unpaired) electrons. The number of aliphatic hydroxyl groups excluding tert-OH is 1. The fraction of sp³-hybridized carbons (Fsp3) is 0.500. The lowest BCUT2D eigenvalue weighted by Crippen LogP contribution is -2.00. The van der Waals surface area contributed by atoms with E-state index < -0.39 is 6.10 Å². The van der Waals surface area contributed by atoms with Gasteiger partial charge in [0, 0.05) is 13.2 Å². The normalized spacial score (nSPS) is 13.5. The first-order valence-corrected chi connectivity index (χ1v) is 3.51. The highest BCUT2D eigenvalue weighted by molar-refractivity contribution is 6.18. The van der Waals surface area contributed by atoms with Crippen molar-refractivity contribution in [2.24, 2.45) is 7.05 Å². The molecule has 1 atom stereocenters. The van der Waals surface area contributed by atoms with Crippen LogP contribution >= 0.6 is 11.6 Å². The number of rotatable bonds is 2. The van der Waals surface area contributed by atoms with Gasteiger partial charge in [0.25, 0.3) is 0 Å². The van der Waals surface area contributed by atoms with Gasteiger partial charge in [-0.15, -0.1) is 11.6 Å². The highest BCUT2D eigenvalue weighted by Gasteiger charge is 2.07. The van der Waals surface area contributed by atoms with Gasteiger partial charge in [0.2, 0.25) is 0 Å². The van der Waals surface area contributed by atoms with E-state index in [2.05, 4.69) is 5.10 Å². The van der Waals surface area contributed by atoms with E-state index in [0.717, 1.165) is 0 Å². The van der Waals surface area contributed by atoms with Crippen molar-refractivity contribution in [3.8, 4) is 0 Å². The van der Waals surface area contributed by atoms with E-state index in [1.807, 2.05) is 0 Å². The number of hydrogen-bond donors (Lipinski definition) is 1. The summed E-state index contributed by atoms with van der Waals surface area (Å²) in [7, 11) is 1.80. The van der Waals surface area contributed by atoms with Crippen LogP contribution < -0.4 is 0 Å². The standard InChI is InChI=1S/C6H9ClN2O/c1-9-3-2-5(8-9)6(10)4-7/h2-3,6,10H,4H2,1H3. The van der Waals surface area contributed by atoms with E-state index >= 15 is 0 Å². The molecule has 0 aromatic carbocycles. The zero-order valence-electron chi connectivity index (χ0n) is 5.66. The number of aromatic nitrogens is 2. The van der Waals surface area contributed by atoms with Crippen molar-refractivity contribution in [1.29, 1.82) is 0 Å². The lowest BCUT2D eigenvalue weighted by atomic mass is 10.3. The zero-order chi connectivity index (χ0) is 7.56. The Morgan fingerprint density at radius 2 is 2.60 bits per heavy atom. The number of alkyl halides is 1. The van der Waals surface area contributed by atoms with Crippen LogP contribution in [0, 0.1) is 0 Å². The van der Waals surface area contributed by atoms with Crippen LogP contribution in [0.25, 0.3) is 0 Å². The molecule has 0 aliphatic carbocycles. The predicted octanol–water partition coefficient (Wildman–Crippen LogP) is 0.692. The Morgan fingerprint density at radius 1 is 1.90 bits per heavy atom. The van der Waals surface area contributed by atoms with Crippen molar-refractivity contribution in [1.82, 2.24) is 9.78 Å². The molecule has 0 fully saturated rings. The molecule has 1 aromatic rings. The van der Waals surface area contributed by atoms with Crippen molar-refractivity contribution in [2.75, 3.05) is 5.88 Å². The van der Waals surface area contributed by atoms with Gasteiger partial charge in [-0.05, 0) is 6.07 Å². The molecule has 0 saturated heterocycles. The number of nitrogens with zero attached hydrogens (tertiary/aromatic N) is 2. The second-order valence-corrected chi connectivity index (χ2v) is 2.39. The molecule has 1 aromatic heterocycles. The van der Waals surface area contributed by atoms with Crippen molar-refractivity contribution in [3.05, 3.63) is 18.0 Å². The van der Waals surface area contributed by atoms with Gasteiger partial charge in [-0.25, -0.2) is 0 Å². The maximum Gasteiger partial charge on any atom is 0.111 e. The summed E-state index contributed by atoms with van der Waals surface area (Å²) < 4.78 is 1.63. The average Bonchev–Trinajstić information content (AvgIpc) is 2.34. The number of aryl methyl sites for hydroxylation is 1. The molecule has 1 heterocycles. The summed E-state index contributed by atoms with van der Waals surface area (Å²) >= 11 is 5.40.